The van der Waals surface area contributed by atoms with Crippen molar-refractivity contribution in [1.82, 2.24) is 15.2 Å². The van der Waals surface area contributed by atoms with Gasteiger partial charge in [0, 0.05) is 29.2 Å². The number of carbonyl (C=O) groups excluding carboxylic acids is 1. The van der Waals surface area contributed by atoms with Crippen LogP contribution in [0.25, 0.3) is 10.9 Å². The topological polar surface area (TPSA) is 69.3 Å². The summed E-state index contributed by atoms with van der Waals surface area (Å²) in [5.74, 6) is 0.889. The van der Waals surface area contributed by atoms with Gasteiger partial charge in [0.1, 0.15) is 5.82 Å². The van der Waals surface area contributed by atoms with Crippen LogP contribution >= 0.6 is 0 Å². The fourth-order valence-corrected chi connectivity index (χ4v) is 6.26. The maximum atomic E-state index is 12.7. The van der Waals surface area contributed by atoms with Crippen LogP contribution in [0.3, 0.4) is 0 Å². The van der Waals surface area contributed by atoms with Gasteiger partial charge in [0.15, 0.2) is 0 Å². The zero-order valence-corrected chi connectivity index (χ0v) is 19.8. The van der Waals surface area contributed by atoms with E-state index in [-0.39, 0.29) is 12.1 Å². The molecule has 4 atom stereocenters. The minimum atomic E-state index is -0.113. The van der Waals surface area contributed by atoms with Crippen molar-refractivity contribution in [3.8, 4) is 0 Å². The highest BCUT2D eigenvalue weighted by Crippen LogP contribution is 2.34. The van der Waals surface area contributed by atoms with Gasteiger partial charge in [0.05, 0.1) is 11.6 Å². The molecule has 0 saturated carbocycles. The Hall–Kier alpha value is -3.12. The second-order valence-corrected chi connectivity index (χ2v) is 10.2. The molecule has 0 spiro atoms. The maximum absolute atomic E-state index is 12.7. The number of nitrogens with zero attached hydrogens (tertiary/aromatic N) is 2. The zero-order chi connectivity index (χ0) is 23.1. The molecular formula is C28H33N5O. The maximum Gasteiger partial charge on any atom is 0.319 e. The molecule has 2 saturated heterocycles. The van der Waals surface area contributed by atoms with Crippen LogP contribution in [0.2, 0.25) is 0 Å². The number of nitrogens with one attached hydrogen (secondary N) is 3. The van der Waals surface area contributed by atoms with Crippen molar-refractivity contribution in [3.63, 3.8) is 0 Å². The lowest BCUT2D eigenvalue weighted by Crippen LogP contribution is -2.55. The van der Waals surface area contributed by atoms with Gasteiger partial charge in [0.2, 0.25) is 0 Å². The van der Waals surface area contributed by atoms with E-state index in [4.69, 9.17) is 4.98 Å². The standard InChI is InChI=1S/C28H33N5O/c1-33-22-6-4-7-23(33)17-21(16-22)30-28(34)29-20-11-13-25-19(15-20)10-14-27(31-25)32-26-12-9-18-5-2-3-8-24(18)26/h2-3,5,8,10-11,13-15,21-23,26H,4,6-7,9,12,16-17H2,1H3,(H,31,32)(H2,29,30,34)/t21-,22+,23-,26-/m1/s1. The first kappa shape index (κ1) is 21.4. The second-order valence-electron chi connectivity index (χ2n) is 10.2. The van der Waals surface area contributed by atoms with Crippen LogP contribution in [0, 0.1) is 0 Å². The summed E-state index contributed by atoms with van der Waals surface area (Å²) < 4.78 is 0. The van der Waals surface area contributed by atoms with E-state index < -0.39 is 0 Å². The molecule has 1 aliphatic carbocycles. The molecule has 3 N–H and O–H groups in total. The first-order valence-electron chi connectivity index (χ1n) is 12.7. The summed E-state index contributed by atoms with van der Waals surface area (Å²) in [4.78, 5) is 20.0. The highest BCUT2D eigenvalue weighted by molar-refractivity contribution is 5.93. The van der Waals surface area contributed by atoms with Gasteiger partial charge >= 0.3 is 6.03 Å². The largest absolute Gasteiger partial charge is 0.363 e. The van der Waals surface area contributed by atoms with Gasteiger partial charge in [-0.05, 0) is 87.0 Å². The normalized spacial score (nSPS) is 26.1. The van der Waals surface area contributed by atoms with E-state index in [9.17, 15) is 4.79 Å². The number of aromatic nitrogens is 1. The number of hydrogen-bond acceptors (Lipinski definition) is 4. The molecule has 2 aliphatic heterocycles. The monoisotopic (exact) mass is 455 g/mol. The first-order valence-corrected chi connectivity index (χ1v) is 12.7. The SMILES string of the molecule is CN1[C@@H]2CCC[C@H]1C[C@@H](NC(=O)Nc1ccc3nc(N[C@@H]4CCc5ccccc54)ccc3c1)C2. The number of pyridine rings is 1. The third kappa shape index (κ3) is 4.23. The number of aryl methyl sites for hydroxylation is 1. The van der Waals surface area contributed by atoms with Crippen LogP contribution in [-0.2, 0) is 6.42 Å². The van der Waals surface area contributed by atoms with Crippen molar-refractivity contribution >= 4 is 28.4 Å². The Labute approximate surface area is 201 Å². The minimum absolute atomic E-state index is 0.113. The van der Waals surface area contributed by atoms with Crippen molar-refractivity contribution in [3.05, 3.63) is 65.7 Å². The molecule has 2 bridgehead atoms. The minimum Gasteiger partial charge on any atom is -0.363 e. The molecule has 176 valence electrons. The Balaban J connectivity index is 1.09. The molecule has 0 radical (unpaired) electrons. The number of anilines is 2. The number of carbonyl (C=O) groups is 1. The molecule has 6 rings (SSSR count). The van der Waals surface area contributed by atoms with Crippen molar-refractivity contribution in [2.45, 2.75) is 69.1 Å². The Morgan fingerprint density at radius 1 is 1.00 bits per heavy atom. The van der Waals surface area contributed by atoms with Gasteiger partial charge in [0.25, 0.3) is 0 Å². The summed E-state index contributed by atoms with van der Waals surface area (Å²) in [7, 11) is 2.24. The average molecular weight is 456 g/mol. The number of amides is 2. The fourth-order valence-electron chi connectivity index (χ4n) is 6.26. The van der Waals surface area contributed by atoms with Crippen LogP contribution < -0.4 is 16.0 Å². The van der Waals surface area contributed by atoms with E-state index in [2.05, 4.69) is 58.2 Å². The molecule has 3 aliphatic rings. The molecule has 2 aromatic carbocycles. The summed E-state index contributed by atoms with van der Waals surface area (Å²) in [6.07, 6.45) is 8.10. The average Bonchev–Trinajstić information content (AvgIpc) is 3.23. The number of urea groups is 1. The van der Waals surface area contributed by atoms with Gasteiger partial charge in [-0.1, -0.05) is 30.7 Å². The highest BCUT2D eigenvalue weighted by atomic mass is 16.2. The summed E-state index contributed by atoms with van der Waals surface area (Å²) >= 11 is 0. The van der Waals surface area contributed by atoms with E-state index in [0.29, 0.717) is 18.1 Å². The molecule has 34 heavy (non-hydrogen) atoms. The Kier molecular flexibility index (Phi) is 5.61. The molecule has 2 amide bonds. The van der Waals surface area contributed by atoms with Gasteiger partial charge in [-0.3, -0.25) is 0 Å². The smallest absolute Gasteiger partial charge is 0.319 e. The van der Waals surface area contributed by atoms with Crippen LogP contribution in [-0.4, -0.2) is 41.1 Å². The predicted molar refractivity (Wildman–Crippen MR) is 137 cm³/mol. The Bertz CT molecular complexity index is 1200. The van der Waals surface area contributed by atoms with Crippen molar-refractivity contribution in [1.29, 1.82) is 0 Å². The van der Waals surface area contributed by atoms with Gasteiger partial charge in [-0.25, -0.2) is 9.78 Å². The van der Waals surface area contributed by atoms with E-state index in [0.717, 1.165) is 48.1 Å². The lowest BCUT2D eigenvalue weighted by atomic mass is 9.82. The molecule has 3 aromatic rings. The summed E-state index contributed by atoms with van der Waals surface area (Å²) in [5.41, 5.74) is 4.53. The number of fused-ring (bicyclic) bond motifs is 4. The van der Waals surface area contributed by atoms with E-state index in [1.54, 1.807) is 0 Å². The predicted octanol–water partition coefficient (Wildman–Crippen LogP) is 5.47. The molecule has 1 aromatic heterocycles. The number of benzene rings is 2. The van der Waals surface area contributed by atoms with Gasteiger partial charge in [-0.2, -0.15) is 0 Å². The molecule has 3 heterocycles. The molecule has 0 unspecified atom stereocenters. The summed E-state index contributed by atoms with van der Waals surface area (Å²) in [6.45, 7) is 0. The molecule has 6 nitrogen and oxygen atoms in total. The third-order valence-electron chi connectivity index (χ3n) is 8.08. The van der Waals surface area contributed by atoms with Crippen molar-refractivity contribution in [2.75, 3.05) is 17.7 Å². The fraction of sp³-hybridized carbons (Fsp3) is 0.429. The van der Waals surface area contributed by atoms with Crippen LogP contribution in [0.4, 0.5) is 16.3 Å². The van der Waals surface area contributed by atoms with E-state index in [1.807, 2.05) is 24.3 Å². The lowest BCUT2D eigenvalue weighted by molar-refractivity contribution is 0.0513. The van der Waals surface area contributed by atoms with E-state index >= 15 is 0 Å². The second kappa shape index (κ2) is 8.91. The van der Waals surface area contributed by atoms with E-state index in [1.165, 1.54) is 30.4 Å². The van der Waals surface area contributed by atoms with Gasteiger partial charge in [-0.15, -0.1) is 0 Å². The molecule has 6 heteroatoms. The van der Waals surface area contributed by atoms with Crippen molar-refractivity contribution in [2.24, 2.45) is 0 Å². The van der Waals surface area contributed by atoms with Crippen LogP contribution in [0.15, 0.2) is 54.6 Å². The third-order valence-corrected chi connectivity index (χ3v) is 8.08. The zero-order valence-electron chi connectivity index (χ0n) is 19.8. The first-order chi connectivity index (χ1) is 16.6. The Morgan fingerprint density at radius 2 is 1.82 bits per heavy atom. The number of rotatable bonds is 4. The summed E-state index contributed by atoms with van der Waals surface area (Å²) in [6, 6.07) is 20.3. The number of piperidine rings is 2. The number of hydrogen-bond donors (Lipinski definition) is 3. The molecule has 2 fully saturated rings. The van der Waals surface area contributed by atoms with Crippen LogP contribution in [0.5, 0.6) is 0 Å². The molecular weight excluding hydrogens is 422 g/mol. The lowest BCUT2D eigenvalue weighted by Gasteiger charge is -2.47. The quantitative estimate of drug-likeness (QED) is 0.488. The van der Waals surface area contributed by atoms with Gasteiger partial charge < -0.3 is 20.9 Å². The summed E-state index contributed by atoms with van der Waals surface area (Å²) in [5, 5.41) is 10.9. The highest BCUT2D eigenvalue weighted by Gasteiger charge is 2.36. The Morgan fingerprint density at radius 3 is 2.68 bits per heavy atom. The van der Waals surface area contributed by atoms with Crippen molar-refractivity contribution < 1.29 is 4.79 Å². The van der Waals surface area contributed by atoms with Crippen LogP contribution in [0.1, 0.15) is 55.7 Å².